The highest BCUT2D eigenvalue weighted by Crippen LogP contribution is 2.30. The quantitative estimate of drug-likeness (QED) is 0.690. The minimum Gasteiger partial charge on any atom is -0.496 e. The number of ether oxygens (including phenoxy) is 1. The second kappa shape index (κ2) is 9.59. The summed E-state index contributed by atoms with van der Waals surface area (Å²) in [6, 6.07) is 7.34. The molecule has 3 amide bonds. The molecule has 1 fully saturated rings. The highest BCUT2D eigenvalue weighted by molar-refractivity contribution is 7.99. The lowest BCUT2D eigenvalue weighted by atomic mass is 10.2. The average molecular weight is 404 g/mol. The Morgan fingerprint density at radius 1 is 1.25 bits per heavy atom. The molecule has 0 bridgehead atoms. The van der Waals surface area contributed by atoms with E-state index in [4.69, 9.17) is 4.74 Å². The number of hydrogen-bond donors (Lipinski definition) is 2. The van der Waals surface area contributed by atoms with Crippen molar-refractivity contribution in [3.8, 4) is 17.1 Å². The molecule has 0 unspecified atom stereocenters. The number of methoxy groups -OCH3 is 1. The lowest BCUT2D eigenvalue weighted by Crippen LogP contribution is -2.44. The summed E-state index contributed by atoms with van der Waals surface area (Å²) in [4.78, 5) is 24.0. The third-order valence-corrected chi connectivity index (χ3v) is 5.62. The van der Waals surface area contributed by atoms with Gasteiger partial charge < -0.3 is 14.6 Å². The van der Waals surface area contributed by atoms with Gasteiger partial charge in [0, 0.05) is 12.6 Å². The number of urea groups is 1. The summed E-state index contributed by atoms with van der Waals surface area (Å²) in [6.07, 6.45) is 4.19. The molecule has 0 aliphatic heterocycles. The van der Waals surface area contributed by atoms with Crippen molar-refractivity contribution in [2.75, 3.05) is 12.9 Å². The van der Waals surface area contributed by atoms with Gasteiger partial charge in [0.15, 0.2) is 11.0 Å². The number of para-hydroxylation sites is 1. The monoisotopic (exact) mass is 403 g/mol. The second-order valence-corrected chi connectivity index (χ2v) is 7.48. The zero-order valence-electron chi connectivity index (χ0n) is 16.1. The van der Waals surface area contributed by atoms with Gasteiger partial charge in [-0.3, -0.25) is 10.1 Å². The first-order chi connectivity index (χ1) is 13.6. The summed E-state index contributed by atoms with van der Waals surface area (Å²) < 4.78 is 7.33. The van der Waals surface area contributed by atoms with Crippen LogP contribution in [0.15, 0.2) is 29.4 Å². The van der Waals surface area contributed by atoms with Crippen LogP contribution in [0.5, 0.6) is 5.75 Å². The van der Waals surface area contributed by atoms with Crippen LogP contribution in [0.2, 0.25) is 0 Å². The van der Waals surface area contributed by atoms with E-state index < -0.39 is 6.03 Å². The molecule has 1 aromatic carbocycles. The van der Waals surface area contributed by atoms with Gasteiger partial charge in [-0.05, 0) is 31.9 Å². The molecule has 1 aliphatic rings. The summed E-state index contributed by atoms with van der Waals surface area (Å²) in [5.41, 5.74) is 0.839. The van der Waals surface area contributed by atoms with E-state index >= 15 is 0 Å². The van der Waals surface area contributed by atoms with E-state index in [-0.39, 0.29) is 17.7 Å². The van der Waals surface area contributed by atoms with Gasteiger partial charge in [0.2, 0.25) is 5.91 Å². The van der Waals surface area contributed by atoms with E-state index in [0.29, 0.717) is 23.3 Å². The van der Waals surface area contributed by atoms with Crippen LogP contribution < -0.4 is 15.4 Å². The van der Waals surface area contributed by atoms with Crippen LogP contribution in [0.25, 0.3) is 11.4 Å². The number of rotatable bonds is 7. The van der Waals surface area contributed by atoms with E-state index in [1.54, 1.807) is 7.11 Å². The second-order valence-electron chi connectivity index (χ2n) is 6.54. The Labute approximate surface area is 168 Å². The molecule has 0 radical (unpaired) electrons. The van der Waals surface area contributed by atoms with Crippen LogP contribution in [0.4, 0.5) is 4.79 Å². The predicted octanol–water partition coefficient (Wildman–Crippen LogP) is 2.83. The molecule has 9 heteroatoms. The van der Waals surface area contributed by atoms with Gasteiger partial charge in [0.25, 0.3) is 0 Å². The minimum absolute atomic E-state index is 0.0855. The van der Waals surface area contributed by atoms with Crippen LogP contribution in [0.3, 0.4) is 0 Å². The molecule has 1 heterocycles. The molecular weight excluding hydrogens is 378 g/mol. The number of amides is 3. The number of carbonyl (C=O) groups excluding carboxylic acids is 2. The first-order valence-corrected chi connectivity index (χ1v) is 10.4. The first-order valence-electron chi connectivity index (χ1n) is 9.42. The van der Waals surface area contributed by atoms with E-state index in [1.165, 1.54) is 11.8 Å². The van der Waals surface area contributed by atoms with E-state index in [9.17, 15) is 9.59 Å². The normalized spacial score (nSPS) is 14.1. The number of thioether (sulfide) groups is 1. The summed E-state index contributed by atoms with van der Waals surface area (Å²) in [6.45, 7) is 2.63. The maximum absolute atomic E-state index is 12.1. The van der Waals surface area contributed by atoms with Gasteiger partial charge >= 0.3 is 6.03 Å². The van der Waals surface area contributed by atoms with Crippen molar-refractivity contribution in [2.24, 2.45) is 0 Å². The maximum Gasteiger partial charge on any atom is 0.321 e. The van der Waals surface area contributed by atoms with Crippen LogP contribution in [-0.2, 0) is 11.3 Å². The Morgan fingerprint density at radius 3 is 2.71 bits per heavy atom. The molecule has 8 nitrogen and oxygen atoms in total. The Bertz CT molecular complexity index is 833. The molecule has 1 aliphatic carbocycles. The first kappa shape index (κ1) is 20.2. The number of nitrogens with one attached hydrogen (secondary N) is 2. The molecule has 1 saturated carbocycles. The Hall–Kier alpha value is -2.55. The molecular formula is C19H25N5O3S. The Kier molecular flexibility index (Phi) is 6.91. The van der Waals surface area contributed by atoms with E-state index in [0.717, 1.165) is 31.2 Å². The van der Waals surface area contributed by atoms with Gasteiger partial charge in [-0.25, -0.2) is 4.79 Å². The van der Waals surface area contributed by atoms with Crippen molar-refractivity contribution in [2.45, 2.75) is 50.4 Å². The number of carbonyl (C=O) groups is 2. The zero-order valence-corrected chi connectivity index (χ0v) is 16.9. The van der Waals surface area contributed by atoms with E-state index in [1.807, 2.05) is 35.8 Å². The minimum atomic E-state index is -0.427. The third-order valence-electron chi connectivity index (χ3n) is 4.66. The van der Waals surface area contributed by atoms with Crippen molar-refractivity contribution in [1.82, 2.24) is 25.4 Å². The molecule has 28 heavy (non-hydrogen) atoms. The summed E-state index contributed by atoms with van der Waals surface area (Å²) in [7, 11) is 1.61. The van der Waals surface area contributed by atoms with Crippen molar-refractivity contribution < 1.29 is 14.3 Å². The van der Waals surface area contributed by atoms with Crippen molar-refractivity contribution >= 4 is 23.7 Å². The van der Waals surface area contributed by atoms with Gasteiger partial charge in [0.05, 0.1) is 18.4 Å². The molecule has 3 rings (SSSR count). The standard InChI is InChI=1S/C19H25N5O3S/c1-3-24-17(14-10-6-7-11-15(14)27-2)22-23-19(24)28-12-16(25)21-18(26)20-13-8-4-5-9-13/h6-7,10-11,13H,3-5,8-9,12H2,1-2H3,(H2,20,21,25,26). The fourth-order valence-electron chi connectivity index (χ4n) is 3.29. The fraction of sp³-hybridized carbons (Fsp3) is 0.474. The third kappa shape index (κ3) is 4.83. The number of hydrogen-bond acceptors (Lipinski definition) is 6. The average Bonchev–Trinajstić information content (AvgIpc) is 3.35. The van der Waals surface area contributed by atoms with Gasteiger partial charge in [-0.2, -0.15) is 0 Å². The summed E-state index contributed by atoms with van der Waals surface area (Å²) in [5, 5.41) is 14.3. The smallest absolute Gasteiger partial charge is 0.321 e. The molecule has 0 atom stereocenters. The number of imide groups is 1. The van der Waals surface area contributed by atoms with Gasteiger partial charge in [-0.1, -0.05) is 36.7 Å². The van der Waals surface area contributed by atoms with Crippen LogP contribution in [-0.4, -0.2) is 45.6 Å². The summed E-state index contributed by atoms with van der Waals surface area (Å²) >= 11 is 1.25. The SMILES string of the molecule is CCn1c(SCC(=O)NC(=O)NC2CCCC2)nnc1-c1ccccc1OC. The Morgan fingerprint density at radius 2 is 2.00 bits per heavy atom. The van der Waals surface area contributed by atoms with Gasteiger partial charge in [0.1, 0.15) is 5.75 Å². The molecule has 2 aromatic rings. The van der Waals surface area contributed by atoms with Crippen molar-refractivity contribution in [3.63, 3.8) is 0 Å². The summed E-state index contributed by atoms with van der Waals surface area (Å²) in [5.74, 6) is 1.12. The number of aromatic nitrogens is 3. The topological polar surface area (TPSA) is 98.1 Å². The van der Waals surface area contributed by atoms with Crippen molar-refractivity contribution in [1.29, 1.82) is 0 Å². The highest BCUT2D eigenvalue weighted by atomic mass is 32.2. The molecule has 0 saturated heterocycles. The van der Waals surface area contributed by atoms with Crippen LogP contribution in [0.1, 0.15) is 32.6 Å². The molecule has 1 aromatic heterocycles. The maximum atomic E-state index is 12.1. The molecule has 150 valence electrons. The van der Waals surface area contributed by atoms with Crippen LogP contribution >= 0.6 is 11.8 Å². The van der Waals surface area contributed by atoms with E-state index in [2.05, 4.69) is 20.8 Å². The largest absolute Gasteiger partial charge is 0.496 e. The van der Waals surface area contributed by atoms with Crippen LogP contribution in [0, 0.1) is 0 Å². The Balaban J connectivity index is 1.61. The highest BCUT2D eigenvalue weighted by Gasteiger charge is 2.20. The fourth-order valence-corrected chi connectivity index (χ4v) is 4.10. The lowest BCUT2D eigenvalue weighted by Gasteiger charge is -2.12. The molecule has 0 spiro atoms. The molecule has 2 N–H and O–H groups in total. The number of nitrogens with zero attached hydrogens (tertiary/aromatic N) is 3. The van der Waals surface area contributed by atoms with Gasteiger partial charge in [-0.15, -0.1) is 10.2 Å². The lowest BCUT2D eigenvalue weighted by molar-refractivity contribution is -0.117. The number of benzene rings is 1. The zero-order chi connectivity index (χ0) is 19.9. The van der Waals surface area contributed by atoms with Crippen molar-refractivity contribution in [3.05, 3.63) is 24.3 Å². The predicted molar refractivity (Wildman–Crippen MR) is 107 cm³/mol.